The first-order valence-corrected chi connectivity index (χ1v) is 8.06. The summed E-state index contributed by atoms with van der Waals surface area (Å²) in [7, 11) is 0. The molecule has 0 fully saturated rings. The number of furan rings is 2. The van der Waals surface area contributed by atoms with Gasteiger partial charge in [-0.1, -0.05) is 0 Å². The molecule has 3 aromatic rings. The summed E-state index contributed by atoms with van der Waals surface area (Å²) in [5.41, 5.74) is 3.87. The normalized spacial score (nSPS) is 10.8. The number of benzene rings is 1. The summed E-state index contributed by atoms with van der Waals surface area (Å²) >= 11 is 0. The minimum Gasteiger partial charge on any atom is -0.467 e. The van der Waals surface area contributed by atoms with Gasteiger partial charge in [0.2, 0.25) is 11.8 Å². The molecule has 0 saturated heterocycles. The van der Waals surface area contributed by atoms with E-state index in [-0.39, 0.29) is 24.8 Å². The Morgan fingerprint density at radius 2 is 1.84 bits per heavy atom. The van der Waals surface area contributed by atoms with Crippen LogP contribution < -0.4 is 10.6 Å². The Balaban J connectivity index is 1.52. The molecule has 0 saturated carbocycles. The highest BCUT2D eigenvalue weighted by atomic mass is 16.3. The van der Waals surface area contributed by atoms with Crippen LogP contribution in [0.4, 0.5) is 0 Å². The summed E-state index contributed by atoms with van der Waals surface area (Å²) in [6, 6.07) is 7.51. The summed E-state index contributed by atoms with van der Waals surface area (Å²) in [5, 5.41) is 6.23. The minimum absolute atomic E-state index is 0.0759. The molecule has 0 radical (unpaired) electrons. The number of hydrogen-bond acceptors (Lipinski definition) is 4. The highest BCUT2D eigenvalue weighted by Crippen LogP contribution is 2.25. The fraction of sp³-hybridized carbons (Fsp3) is 0.263. The van der Waals surface area contributed by atoms with Crippen LogP contribution >= 0.6 is 0 Å². The number of carbonyl (C=O) groups excluding carboxylic acids is 2. The Kier molecular flexibility index (Phi) is 4.88. The van der Waals surface area contributed by atoms with Crippen LogP contribution in [0.15, 0.2) is 45.6 Å². The highest BCUT2D eigenvalue weighted by Gasteiger charge is 2.12. The summed E-state index contributed by atoms with van der Waals surface area (Å²) < 4.78 is 10.6. The molecule has 1 aromatic carbocycles. The first-order valence-electron chi connectivity index (χ1n) is 8.06. The smallest absolute Gasteiger partial charge is 0.239 e. The van der Waals surface area contributed by atoms with E-state index in [2.05, 4.69) is 10.6 Å². The Labute approximate surface area is 145 Å². The lowest BCUT2D eigenvalue weighted by molar-refractivity contribution is -0.125. The van der Waals surface area contributed by atoms with Crippen LogP contribution in [0.5, 0.6) is 0 Å². The van der Waals surface area contributed by atoms with Crippen molar-refractivity contribution in [1.29, 1.82) is 0 Å². The summed E-state index contributed by atoms with van der Waals surface area (Å²) in [5.74, 6) is 0.164. The van der Waals surface area contributed by atoms with Crippen molar-refractivity contribution in [3.05, 3.63) is 59.2 Å². The van der Waals surface area contributed by atoms with Crippen molar-refractivity contribution in [2.24, 2.45) is 0 Å². The van der Waals surface area contributed by atoms with E-state index in [1.807, 2.05) is 26.0 Å². The van der Waals surface area contributed by atoms with E-state index in [1.54, 1.807) is 24.7 Å². The predicted octanol–water partition coefficient (Wildman–Crippen LogP) is 2.62. The van der Waals surface area contributed by atoms with Gasteiger partial charge in [0.15, 0.2) is 0 Å². The molecule has 130 valence electrons. The molecule has 0 aliphatic heterocycles. The standard InChI is InChI=1S/C19H20N2O4/c1-12-6-16-14(11-25-17(16)7-13(12)2)8-18(22)21-10-19(23)20-9-15-4-3-5-24-15/h3-7,11H,8-10H2,1-2H3,(H,20,23)(H,21,22). The molecule has 0 atom stereocenters. The maximum absolute atomic E-state index is 12.1. The van der Waals surface area contributed by atoms with Crippen LogP contribution in [-0.2, 0) is 22.6 Å². The highest BCUT2D eigenvalue weighted by molar-refractivity contribution is 5.90. The first-order chi connectivity index (χ1) is 12.0. The number of fused-ring (bicyclic) bond motifs is 1. The zero-order chi connectivity index (χ0) is 17.8. The molecule has 0 aliphatic rings. The number of aryl methyl sites for hydroxylation is 2. The van der Waals surface area contributed by atoms with Crippen molar-refractivity contribution in [2.75, 3.05) is 6.54 Å². The van der Waals surface area contributed by atoms with Gasteiger partial charge in [-0.15, -0.1) is 0 Å². The molecule has 2 amide bonds. The SMILES string of the molecule is Cc1cc2occ(CC(=O)NCC(=O)NCc3ccco3)c2cc1C. The molecule has 0 bridgehead atoms. The van der Waals surface area contributed by atoms with Gasteiger partial charge < -0.3 is 19.5 Å². The minimum atomic E-state index is -0.270. The van der Waals surface area contributed by atoms with Gasteiger partial charge in [-0.3, -0.25) is 9.59 Å². The van der Waals surface area contributed by atoms with Gasteiger partial charge in [-0.25, -0.2) is 0 Å². The second kappa shape index (κ2) is 7.25. The lowest BCUT2D eigenvalue weighted by atomic mass is 10.0. The zero-order valence-electron chi connectivity index (χ0n) is 14.2. The third kappa shape index (κ3) is 4.09. The number of nitrogens with one attached hydrogen (secondary N) is 2. The zero-order valence-corrected chi connectivity index (χ0v) is 14.2. The molecule has 2 aromatic heterocycles. The van der Waals surface area contributed by atoms with E-state index in [0.29, 0.717) is 12.3 Å². The van der Waals surface area contributed by atoms with Gasteiger partial charge in [0.05, 0.1) is 32.0 Å². The van der Waals surface area contributed by atoms with Crippen molar-refractivity contribution in [3.63, 3.8) is 0 Å². The molecular formula is C19H20N2O4. The molecule has 2 N–H and O–H groups in total. The van der Waals surface area contributed by atoms with Gasteiger partial charge in [-0.05, 0) is 49.2 Å². The van der Waals surface area contributed by atoms with Gasteiger partial charge in [0, 0.05) is 10.9 Å². The molecule has 25 heavy (non-hydrogen) atoms. The van der Waals surface area contributed by atoms with Crippen LogP contribution in [-0.4, -0.2) is 18.4 Å². The predicted molar refractivity (Wildman–Crippen MR) is 93.0 cm³/mol. The van der Waals surface area contributed by atoms with Gasteiger partial charge >= 0.3 is 0 Å². The Morgan fingerprint density at radius 3 is 2.60 bits per heavy atom. The van der Waals surface area contributed by atoms with Gasteiger partial charge in [0.1, 0.15) is 11.3 Å². The van der Waals surface area contributed by atoms with Crippen LogP contribution in [0.25, 0.3) is 11.0 Å². The lowest BCUT2D eigenvalue weighted by Crippen LogP contribution is -2.37. The van der Waals surface area contributed by atoms with E-state index in [1.165, 1.54) is 0 Å². The summed E-state index contributed by atoms with van der Waals surface area (Å²) in [4.78, 5) is 23.8. The quantitative estimate of drug-likeness (QED) is 0.722. The van der Waals surface area contributed by atoms with E-state index >= 15 is 0 Å². The Morgan fingerprint density at radius 1 is 1.04 bits per heavy atom. The van der Waals surface area contributed by atoms with Crippen molar-refractivity contribution >= 4 is 22.8 Å². The fourth-order valence-electron chi connectivity index (χ4n) is 2.55. The maximum Gasteiger partial charge on any atom is 0.239 e. The maximum atomic E-state index is 12.1. The van der Waals surface area contributed by atoms with E-state index in [9.17, 15) is 9.59 Å². The third-order valence-corrected chi connectivity index (χ3v) is 4.11. The van der Waals surface area contributed by atoms with Crippen molar-refractivity contribution in [1.82, 2.24) is 10.6 Å². The number of amides is 2. The third-order valence-electron chi connectivity index (χ3n) is 4.11. The molecule has 0 spiro atoms. The van der Waals surface area contributed by atoms with Crippen LogP contribution in [0.2, 0.25) is 0 Å². The average Bonchev–Trinajstić information content (AvgIpc) is 3.23. The molecule has 3 rings (SSSR count). The second-order valence-corrected chi connectivity index (χ2v) is 6.00. The number of carbonyl (C=O) groups is 2. The molecule has 0 aliphatic carbocycles. The van der Waals surface area contributed by atoms with Crippen molar-refractivity contribution in [2.45, 2.75) is 26.8 Å². The van der Waals surface area contributed by atoms with E-state index < -0.39 is 0 Å². The fourth-order valence-corrected chi connectivity index (χ4v) is 2.55. The first kappa shape index (κ1) is 16.8. The summed E-state index contributed by atoms with van der Waals surface area (Å²) in [6.07, 6.45) is 3.31. The monoisotopic (exact) mass is 340 g/mol. The number of rotatable bonds is 6. The molecular weight excluding hydrogens is 320 g/mol. The van der Waals surface area contributed by atoms with E-state index in [4.69, 9.17) is 8.83 Å². The van der Waals surface area contributed by atoms with E-state index in [0.717, 1.165) is 27.7 Å². The molecule has 0 unspecified atom stereocenters. The van der Waals surface area contributed by atoms with Crippen LogP contribution in [0, 0.1) is 13.8 Å². The average molecular weight is 340 g/mol. The summed E-state index contributed by atoms with van der Waals surface area (Å²) in [6.45, 7) is 4.26. The van der Waals surface area contributed by atoms with Crippen molar-refractivity contribution < 1.29 is 18.4 Å². The Hall–Kier alpha value is -3.02. The van der Waals surface area contributed by atoms with Crippen molar-refractivity contribution in [3.8, 4) is 0 Å². The molecule has 6 heteroatoms. The van der Waals surface area contributed by atoms with Crippen LogP contribution in [0.3, 0.4) is 0 Å². The van der Waals surface area contributed by atoms with Gasteiger partial charge in [0.25, 0.3) is 0 Å². The van der Waals surface area contributed by atoms with Gasteiger partial charge in [-0.2, -0.15) is 0 Å². The second-order valence-electron chi connectivity index (χ2n) is 6.00. The topological polar surface area (TPSA) is 84.5 Å². The molecule has 2 heterocycles. The van der Waals surface area contributed by atoms with Crippen LogP contribution in [0.1, 0.15) is 22.5 Å². The lowest BCUT2D eigenvalue weighted by Gasteiger charge is -2.06. The molecule has 6 nitrogen and oxygen atoms in total. The number of hydrogen-bond donors (Lipinski definition) is 2. The largest absolute Gasteiger partial charge is 0.467 e. The Bertz CT molecular complexity index is 894.